The molecule has 0 aromatic carbocycles. The average molecular weight is 947 g/mol. The van der Waals surface area contributed by atoms with Crippen molar-refractivity contribution >= 4 is 0 Å². The highest BCUT2D eigenvalue weighted by Crippen LogP contribution is 2.36. The highest BCUT2D eigenvalue weighted by atomic mass is 16.8. The summed E-state index contributed by atoms with van der Waals surface area (Å²) in [6, 6.07) is 0. The zero-order valence-corrected chi connectivity index (χ0v) is 34.7. The summed E-state index contributed by atoms with van der Waals surface area (Å²) in [7, 11) is 0. The van der Waals surface area contributed by atoms with Gasteiger partial charge in [0.05, 0.1) is 70.2 Å². The second kappa shape index (κ2) is 24.9. The third-order valence-electron chi connectivity index (χ3n) is 11.7. The molecule has 28 heteroatoms. The smallest absolute Gasteiger partial charge is 0.209 e. The zero-order chi connectivity index (χ0) is 47.9. The summed E-state index contributed by atoms with van der Waals surface area (Å²) >= 11 is 0. The number of hydrogen-bond acceptors (Lipinski definition) is 28. The van der Waals surface area contributed by atoms with Crippen molar-refractivity contribution < 1.29 is 140 Å². The number of aliphatic hydroxyl groups is 19. The zero-order valence-electron chi connectivity index (χ0n) is 34.7. The first-order chi connectivity index (χ1) is 30.1. The summed E-state index contributed by atoms with van der Waals surface area (Å²) in [5, 5.41) is 200. The number of ether oxygens (including phenoxy) is 9. The molecule has 4 rings (SSSR count). The summed E-state index contributed by atoms with van der Waals surface area (Å²) < 4.78 is 50.6. The van der Waals surface area contributed by atoms with E-state index in [1.807, 2.05) is 0 Å². The Hall–Kier alpha value is -1.12. The Morgan fingerprint density at radius 1 is 0.562 bits per heavy atom. The molecule has 378 valence electrons. The Morgan fingerprint density at radius 2 is 1.16 bits per heavy atom. The third kappa shape index (κ3) is 12.9. The fourth-order valence-electron chi connectivity index (χ4n) is 7.76. The molecule has 0 saturated carbocycles. The quantitative estimate of drug-likeness (QED) is 0.0448. The van der Waals surface area contributed by atoms with Crippen LogP contribution < -0.4 is 0 Å². The molecular formula is C36H66O28. The van der Waals surface area contributed by atoms with Gasteiger partial charge in [0.1, 0.15) is 97.7 Å². The molecule has 0 bridgehead atoms. The first-order valence-electron chi connectivity index (χ1n) is 20.6. The molecule has 0 aliphatic carbocycles. The molecule has 4 saturated heterocycles. The minimum absolute atomic E-state index is 0.473. The van der Waals surface area contributed by atoms with Gasteiger partial charge in [-0.05, 0) is 20.3 Å². The molecule has 0 radical (unpaired) electrons. The summed E-state index contributed by atoms with van der Waals surface area (Å²) in [4.78, 5) is 0. The Balaban J connectivity index is 1.73. The Kier molecular flexibility index (Phi) is 21.6. The van der Waals surface area contributed by atoms with E-state index in [2.05, 4.69) is 0 Å². The molecule has 4 aliphatic rings. The predicted octanol–water partition coefficient (Wildman–Crippen LogP) is -11.5. The first kappa shape index (κ1) is 55.5. The van der Waals surface area contributed by atoms with Crippen LogP contribution in [0.2, 0.25) is 0 Å². The maximum Gasteiger partial charge on any atom is 0.209 e. The van der Waals surface area contributed by atoms with Crippen molar-refractivity contribution in [3.8, 4) is 0 Å². The molecule has 0 aromatic heterocycles. The van der Waals surface area contributed by atoms with E-state index in [-0.39, 0.29) is 0 Å². The van der Waals surface area contributed by atoms with Gasteiger partial charge in [-0.3, -0.25) is 0 Å². The second-order valence-corrected chi connectivity index (χ2v) is 16.2. The molecule has 0 aromatic rings. The molecule has 4 aliphatic heterocycles. The van der Waals surface area contributed by atoms with Crippen molar-refractivity contribution in [3.63, 3.8) is 0 Å². The van der Waals surface area contributed by atoms with Gasteiger partial charge in [-0.25, -0.2) is 0 Å². The van der Waals surface area contributed by atoms with Gasteiger partial charge >= 0.3 is 0 Å². The Morgan fingerprint density at radius 3 is 1.72 bits per heavy atom. The lowest BCUT2D eigenvalue weighted by Gasteiger charge is -2.48. The van der Waals surface area contributed by atoms with Gasteiger partial charge in [-0.2, -0.15) is 0 Å². The van der Waals surface area contributed by atoms with Crippen molar-refractivity contribution in [1.82, 2.24) is 0 Å². The standard InChI is InChI=1S/C36H66O28/c1-10(42)16(5-38)59-36(32(54)55)64-31-23(48)18(7-40)60-35(28(31)53)58-15(3-12-17(6-39)56-9-14(44)21(12)46)29(22(47)13(43)4-37)62-34-27(52)25(50)30(19(8-41)61-34)63-33-26(51)24(49)20(45)11(2)57-33/h10-55H,3-9H2,1-2H3. The first-order valence-corrected chi connectivity index (χ1v) is 20.6. The minimum Gasteiger partial charge on any atom is -0.394 e. The van der Waals surface area contributed by atoms with E-state index in [1.54, 1.807) is 0 Å². The predicted molar refractivity (Wildman–Crippen MR) is 199 cm³/mol. The molecular weight excluding hydrogens is 880 g/mol. The Labute approximate surface area is 365 Å². The van der Waals surface area contributed by atoms with E-state index in [0.717, 1.165) is 0 Å². The highest BCUT2D eigenvalue weighted by molar-refractivity contribution is 4.98. The molecule has 28 nitrogen and oxygen atoms in total. The van der Waals surface area contributed by atoms with Gasteiger partial charge in [-0.1, -0.05) is 0 Å². The van der Waals surface area contributed by atoms with Gasteiger partial charge in [-0.15, -0.1) is 0 Å². The molecule has 4 fully saturated rings. The van der Waals surface area contributed by atoms with Crippen molar-refractivity contribution in [2.75, 3.05) is 39.6 Å². The Bertz CT molecular complexity index is 1340. The van der Waals surface area contributed by atoms with Crippen LogP contribution in [0.3, 0.4) is 0 Å². The molecule has 0 spiro atoms. The van der Waals surface area contributed by atoms with Crippen LogP contribution in [0.5, 0.6) is 0 Å². The van der Waals surface area contributed by atoms with E-state index in [9.17, 15) is 97.0 Å². The van der Waals surface area contributed by atoms with Crippen LogP contribution >= 0.6 is 0 Å². The number of hydrogen-bond donors (Lipinski definition) is 19. The third-order valence-corrected chi connectivity index (χ3v) is 11.7. The normalized spacial score (nSPS) is 43.3. The molecule has 0 amide bonds. The van der Waals surface area contributed by atoms with E-state index in [0.29, 0.717) is 0 Å². The maximum atomic E-state index is 11.6. The lowest BCUT2D eigenvalue weighted by molar-refractivity contribution is -0.378. The van der Waals surface area contributed by atoms with Crippen LogP contribution in [0.15, 0.2) is 0 Å². The van der Waals surface area contributed by atoms with Crippen LogP contribution in [0.1, 0.15) is 20.3 Å². The van der Waals surface area contributed by atoms with Crippen molar-refractivity contribution in [1.29, 1.82) is 0 Å². The molecule has 4 heterocycles. The van der Waals surface area contributed by atoms with Crippen LogP contribution in [0, 0.1) is 5.92 Å². The van der Waals surface area contributed by atoms with Crippen LogP contribution in [0.25, 0.3) is 0 Å². The molecule has 26 atom stereocenters. The summed E-state index contributed by atoms with van der Waals surface area (Å²) in [6.07, 6.45) is -50.4. The van der Waals surface area contributed by atoms with Gasteiger partial charge in [0, 0.05) is 5.92 Å². The molecule has 19 N–H and O–H groups in total. The minimum atomic E-state index is -2.56. The van der Waals surface area contributed by atoms with Gasteiger partial charge < -0.3 is 140 Å². The summed E-state index contributed by atoms with van der Waals surface area (Å²) in [5.41, 5.74) is 0. The van der Waals surface area contributed by atoms with E-state index < -0.39 is 212 Å². The number of aliphatic hydroxyl groups excluding tert-OH is 18. The average Bonchev–Trinajstić information content (AvgIpc) is 3.27. The van der Waals surface area contributed by atoms with Crippen molar-refractivity contribution in [2.45, 2.75) is 180 Å². The molecule has 26 unspecified atom stereocenters. The lowest BCUT2D eigenvalue weighted by Crippen LogP contribution is -2.66. The van der Waals surface area contributed by atoms with Crippen LogP contribution in [-0.2, 0) is 42.6 Å². The summed E-state index contributed by atoms with van der Waals surface area (Å²) in [5.74, 6) is -1.41. The fourth-order valence-corrected chi connectivity index (χ4v) is 7.76. The van der Waals surface area contributed by atoms with E-state index in [1.165, 1.54) is 13.8 Å². The second-order valence-electron chi connectivity index (χ2n) is 16.2. The SMILES string of the molecule is CC(O)C(CO)OC(OC1C(O)C(CO)OC(OC(CC2C(CO)OCC(O)C2O)C(OC2OC(CO)C(OC3OC(C)C(O)C(O)C3O)C(O)C2O)C(O)C(O)CO)C1O)C(O)O. The monoisotopic (exact) mass is 946 g/mol. The van der Waals surface area contributed by atoms with Gasteiger partial charge in [0.15, 0.2) is 18.9 Å². The van der Waals surface area contributed by atoms with E-state index in [4.69, 9.17) is 42.6 Å². The lowest BCUT2D eigenvalue weighted by atomic mass is 9.83. The highest BCUT2D eigenvalue weighted by Gasteiger charge is 2.54. The van der Waals surface area contributed by atoms with Crippen LogP contribution in [0.4, 0.5) is 0 Å². The van der Waals surface area contributed by atoms with Gasteiger partial charge in [0.25, 0.3) is 0 Å². The topological polar surface area (TPSA) is 467 Å². The van der Waals surface area contributed by atoms with Crippen molar-refractivity contribution in [3.05, 3.63) is 0 Å². The summed E-state index contributed by atoms with van der Waals surface area (Å²) in [6.45, 7) is -2.93. The van der Waals surface area contributed by atoms with E-state index >= 15 is 0 Å². The largest absolute Gasteiger partial charge is 0.394 e. The van der Waals surface area contributed by atoms with Crippen LogP contribution in [-0.4, -0.2) is 296 Å². The van der Waals surface area contributed by atoms with Gasteiger partial charge in [0.2, 0.25) is 12.6 Å². The van der Waals surface area contributed by atoms with Crippen molar-refractivity contribution in [2.24, 2.45) is 5.92 Å². The molecule has 64 heavy (non-hydrogen) atoms. The maximum absolute atomic E-state index is 11.6. The fraction of sp³-hybridized carbons (Fsp3) is 1.00. The number of rotatable bonds is 22.